The molecule has 0 aromatic heterocycles. The Morgan fingerprint density at radius 3 is 2.55 bits per heavy atom. The number of hydrogen-bond donors (Lipinski definition) is 1. The standard InChI is InChI=1S/C14H20BrClN2O2S.ClH/c1-2-9-18(11-5-7-17-8-6-11)21(19,20)12-3-4-13(15)14(16)10-12;/h3-4,10-11,17H,2,5-9H2,1H3;1H. The number of hydrogen-bond acceptors (Lipinski definition) is 3. The molecule has 0 aliphatic carbocycles. The van der Waals surface area contributed by atoms with Crippen molar-refractivity contribution in [2.24, 2.45) is 0 Å². The van der Waals surface area contributed by atoms with E-state index >= 15 is 0 Å². The number of piperidine rings is 1. The van der Waals surface area contributed by atoms with Gasteiger partial charge in [0, 0.05) is 17.1 Å². The summed E-state index contributed by atoms with van der Waals surface area (Å²) in [6.07, 6.45) is 2.50. The summed E-state index contributed by atoms with van der Waals surface area (Å²) in [4.78, 5) is 0.266. The van der Waals surface area contributed by atoms with Crippen molar-refractivity contribution in [3.8, 4) is 0 Å². The fourth-order valence-electron chi connectivity index (χ4n) is 2.59. The van der Waals surface area contributed by atoms with Crippen LogP contribution in [0.25, 0.3) is 0 Å². The molecule has 0 amide bonds. The summed E-state index contributed by atoms with van der Waals surface area (Å²) in [5, 5.41) is 3.69. The first kappa shape index (κ1) is 20.2. The van der Waals surface area contributed by atoms with Crippen LogP contribution in [0, 0.1) is 0 Å². The summed E-state index contributed by atoms with van der Waals surface area (Å²) in [7, 11) is -3.50. The van der Waals surface area contributed by atoms with Crippen molar-refractivity contribution in [3.05, 3.63) is 27.7 Å². The van der Waals surface area contributed by atoms with Crippen LogP contribution in [0.1, 0.15) is 26.2 Å². The first-order valence-corrected chi connectivity index (χ1v) is 9.75. The molecule has 1 aromatic rings. The zero-order valence-electron chi connectivity index (χ0n) is 12.4. The van der Waals surface area contributed by atoms with E-state index in [-0.39, 0.29) is 23.3 Å². The van der Waals surface area contributed by atoms with Crippen LogP contribution in [0.5, 0.6) is 0 Å². The van der Waals surface area contributed by atoms with Gasteiger partial charge in [0.25, 0.3) is 0 Å². The van der Waals surface area contributed by atoms with Gasteiger partial charge >= 0.3 is 0 Å². The van der Waals surface area contributed by atoms with E-state index in [1.165, 1.54) is 6.07 Å². The summed E-state index contributed by atoms with van der Waals surface area (Å²) < 4.78 is 28.2. The zero-order chi connectivity index (χ0) is 15.5. The topological polar surface area (TPSA) is 49.4 Å². The Hall–Kier alpha value is 0.150. The third-order valence-corrected chi connectivity index (χ3v) is 6.84. The van der Waals surface area contributed by atoms with Crippen molar-refractivity contribution in [1.82, 2.24) is 9.62 Å². The molecule has 0 atom stereocenters. The van der Waals surface area contributed by atoms with Gasteiger partial charge in [-0.15, -0.1) is 12.4 Å². The van der Waals surface area contributed by atoms with Gasteiger partial charge in [-0.25, -0.2) is 8.42 Å². The summed E-state index contributed by atoms with van der Waals surface area (Å²) >= 11 is 9.34. The van der Waals surface area contributed by atoms with Gasteiger partial charge in [-0.3, -0.25) is 0 Å². The molecule has 0 unspecified atom stereocenters. The smallest absolute Gasteiger partial charge is 0.243 e. The first-order chi connectivity index (χ1) is 9.96. The average molecular weight is 432 g/mol. The highest BCUT2D eigenvalue weighted by Gasteiger charge is 2.31. The summed E-state index contributed by atoms with van der Waals surface area (Å²) in [5.74, 6) is 0. The van der Waals surface area contributed by atoms with Crippen molar-refractivity contribution >= 4 is 50.0 Å². The molecule has 22 heavy (non-hydrogen) atoms. The molecule has 0 bridgehead atoms. The number of halogens is 3. The minimum absolute atomic E-state index is 0. The van der Waals surface area contributed by atoms with E-state index in [0.29, 0.717) is 16.0 Å². The summed E-state index contributed by atoms with van der Waals surface area (Å²) in [6.45, 7) is 4.27. The van der Waals surface area contributed by atoms with Gasteiger partial charge in [0.1, 0.15) is 0 Å². The third kappa shape index (κ3) is 4.58. The fraction of sp³-hybridized carbons (Fsp3) is 0.571. The molecule has 1 aliphatic rings. The van der Waals surface area contributed by atoms with Gasteiger partial charge in [-0.05, 0) is 66.5 Å². The Balaban J connectivity index is 0.00000242. The summed E-state index contributed by atoms with van der Waals surface area (Å²) in [6, 6.07) is 4.88. The molecule has 1 aromatic carbocycles. The lowest BCUT2D eigenvalue weighted by Gasteiger charge is -2.33. The fourth-order valence-corrected chi connectivity index (χ4v) is 4.88. The van der Waals surface area contributed by atoms with E-state index in [9.17, 15) is 8.42 Å². The number of benzene rings is 1. The minimum atomic E-state index is -3.50. The predicted octanol–water partition coefficient (Wildman–Crippen LogP) is 3.68. The van der Waals surface area contributed by atoms with E-state index < -0.39 is 10.0 Å². The second kappa shape index (κ2) is 8.85. The van der Waals surface area contributed by atoms with Crippen LogP contribution in [0.15, 0.2) is 27.6 Å². The molecule has 1 heterocycles. The van der Waals surface area contributed by atoms with E-state index in [1.807, 2.05) is 6.92 Å². The Morgan fingerprint density at radius 1 is 1.36 bits per heavy atom. The Labute approximate surface area is 152 Å². The molecule has 1 saturated heterocycles. The third-order valence-electron chi connectivity index (χ3n) is 3.66. The lowest BCUT2D eigenvalue weighted by Crippen LogP contribution is -2.46. The van der Waals surface area contributed by atoms with Gasteiger partial charge in [0.2, 0.25) is 10.0 Å². The highest BCUT2D eigenvalue weighted by molar-refractivity contribution is 9.10. The maximum absolute atomic E-state index is 12.9. The monoisotopic (exact) mass is 430 g/mol. The van der Waals surface area contributed by atoms with E-state index in [0.717, 1.165) is 32.4 Å². The Kier molecular flexibility index (Phi) is 8.12. The van der Waals surface area contributed by atoms with Crippen molar-refractivity contribution in [2.45, 2.75) is 37.1 Å². The predicted molar refractivity (Wildman–Crippen MR) is 96.5 cm³/mol. The molecule has 4 nitrogen and oxygen atoms in total. The van der Waals surface area contributed by atoms with Gasteiger partial charge in [-0.2, -0.15) is 4.31 Å². The van der Waals surface area contributed by atoms with Crippen molar-refractivity contribution in [1.29, 1.82) is 0 Å². The number of rotatable bonds is 5. The van der Waals surface area contributed by atoms with Crippen LogP contribution in [0.2, 0.25) is 5.02 Å². The lowest BCUT2D eigenvalue weighted by atomic mass is 10.1. The number of nitrogens with zero attached hydrogens (tertiary/aromatic N) is 1. The summed E-state index contributed by atoms with van der Waals surface area (Å²) in [5.41, 5.74) is 0. The number of nitrogens with one attached hydrogen (secondary N) is 1. The largest absolute Gasteiger partial charge is 0.317 e. The first-order valence-electron chi connectivity index (χ1n) is 7.14. The average Bonchev–Trinajstić information content (AvgIpc) is 2.48. The van der Waals surface area contributed by atoms with Crippen LogP contribution in [-0.2, 0) is 10.0 Å². The van der Waals surface area contributed by atoms with E-state index in [2.05, 4.69) is 21.2 Å². The zero-order valence-corrected chi connectivity index (χ0v) is 16.4. The van der Waals surface area contributed by atoms with Gasteiger partial charge < -0.3 is 5.32 Å². The maximum Gasteiger partial charge on any atom is 0.243 e. The van der Waals surface area contributed by atoms with E-state index in [4.69, 9.17) is 11.6 Å². The van der Waals surface area contributed by atoms with Crippen molar-refractivity contribution in [2.75, 3.05) is 19.6 Å². The number of sulfonamides is 1. The highest BCUT2D eigenvalue weighted by atomic mass is 79.9. The highest BCUT2D eigenvalue weighted by Crippen LogP contribution is 2.29. The van der Waals surface area contributed by atoms with Crippen LogP contribution >= 0.6 is 39.9 Å². The molecule has 0 saturated carbocycles. The van der Waals surface area contributed by atoms with Crippen molar-refractivity contribution in [3.63, 3.8) is 0 Å². The Bertz CT molecular complexity index is 593. The maximum atomic E-state index is 12.9. The molecule has 1 fully saturated rings. The normalized spacial score (nSPS) is 16.5. The van der Waals surface area contributed by atoms with E-state index in [1.54, 1.807) is 16.4 Å². The molecule has 0 spiro atoms. The second-order valence-electron chi connectivity index (χ2n) is 5.17. The molecule has 1 N–H and O–H groups in total. The Morgan fingerprint density at radius 2 is 2.00 bits per heavy atom. The molecule has 126 valence electrons. The SMILES string of the molecule is CCCN(C1CCNCC1)S(=O)(=O)c1ccc(Br)c(Cl)c1.Cl. The van der Waals surface area contributed by atoms with Gasteiger partial charge in [0.15, 0.2) is 0 Å². The van der Waals surface area contributed by atoms with Crippen LogP contribution in [0.4, 0.5) is 0 Å². The minimum Gasteiger partial charge on any atom is -0.317 e. The van der Waals surface area contributed by atoms with Gasteiger partial charge in [0.05, 0.1) is 9.92 Å². The van der Waals surface area contributed by atoms with Crippen LogP contribution in [-0.4, -0.2) is 38.4 Å². The van der Waals surface area contributed by atoms with Crippen LogP contribution in [0.3, 0.4) is 0 Å². The molecular weight excluding hydrogens is 411 g/mol. The quantitative estimate of drug-likeness (QED) is 0.773. The molecular formula is C14H21BrCl2N2O2S. The molecule has 8 heteroatoms. The lowest BCUT2D eigenvalue weighted by molar-refractivity contribution is 0.262. The molecule has 0 radical (unpaired) electrons. The molecule has 2 rings (SSSR count). The second-order valence-corrected chi connectivity index (χ2v) is 8.32. The van der Waals surface area contributed by atoms with Gasteiger partial charge in [-0.1, -0.05) is 18.5 Å². The van der Waals surface area contributed by atoms with Crippen molar-refractivity contribution < 1.29 is 8.42 Å². The van der Waals surface area contributed by atoms with Crippen LogP contribution < -0.4 is 5.32 Å². The molecule has 1 aliphatic heterocycles.